The van der Waals surface area contributed by atoms with Gasteiger partial charge in [0.15, 0.2) is 0 Å². The number of ether oxygens (including phenoxy) is 1. The van der Waals surface area contributed by atoms with Crippen LogP contribution in [-0.2, 0) is 34.3 Å². The highest BCUT2D eigenvalue weighted by Crippen LogP contribution is 2.39. The summed E-state index contributed by atoms with van der Waals surface area (Å²) in [5.41, 5.74) is 12.2. The first kappa shape index (κ1) is 37.7. The Kier molecular flexibility index (Phi) is 10.00. The molecule has 4 N–H and O–H groups in total. The summed E-state index contributed by atoms with van der Waals surface area (Å²) in [5.74, 6) is -0.442. The Morgan fingerprint density at radius 3 is 2.42 bits per heavy atom. The number of piperidine rings is 1. The highest BCUT2D eigenvalue weighted by atomic mass is 16.5. The van der Waals surface area contributed by atoms with Crippen molar-refractivity contribution in [2.75, 3.05) is 38.5 Å². The van der Waals surface area contributed by atoms with Gasteiger partial charge in [0, 0.05) is 81.6 Å². The van der Waals surface area contributed by atoms with Gasteiger partial charge in [0.1, 0.15) is 11.7 Å². The number of nitrogen functional groups attached to an aromatic ring is 1. The first-order valence-electron chi connectivity index (χ1n) is 20.6. The third-order valence-corrected chi connectivity index (χ3v) is 13.1. The molecule has 4 aliphatic rings. The first-order chi connectivity index (χ1) is 27.5. The number of hydrogen-bond donors (Lipinski definition) is 3. The molecule has 300 valence electrons. The lowest BCUT2D eigenvalue weighted by molar-refractivity contribution is -0.135. The number of rotatable bonds is 10. The fraction of sp³-hybridized carbons (Fsp3) is 0.512. The van der Waals surface area contributed by atoms with E-state index in [1.54, 1.807) is 11.6 Å². The molecule has 2 aromatic carbocycles. The Bertz CT molecular complexity index is 2360. The van der Waals surface area contributed by atoms with Gasteiger partial charge >= 0.3 is 5.69 Å². The number of aliphatic hydroxyl groups is 1. The minimum absolute atomic E-state index is 0.223. The van der Waals surface area contributed by atoms with Crippen LogP contribution in [0.4, 0.5) is 5.95 Å². The topological polar surface area (TPSA) is 166 Å². The molecule has 9 rings (SSSR count). The minimum Gasteiger partial charge on any atom is -0.390 e. The van der Waals surface area contributed by atoms with Crippen LogP contribution in [0, 0.1) is 0 Å². The molecule has 0 spiro atoms. The van der Waals surface area contributed by atoms with Crippen molar-refractivity contribution in [2.24, 2.45) is 7.05 Å². The van der Waals surface area contributed by atoms with E-state index in [0.717, 1.165) is 111 Å². The van der Waals surface area contributed by atoms with Gasteiger partial charge in [-0.25, -0.2) is 9.78 Å². The second kappa shape index (κ2) is 15.1. The lowest BCUT2D eigenvalue weighted by Crippen LogP contribution is -2.55. The number of benzene rings is 2. The van der Waals surface area contributed by atoms with Crippen molar-refractivity contribution in [2.45, 2.75) is 101 Å². The SMILES string of the molecule is Cn1c(=O)n(C2CCC(=O)NC2=O)c2ccc(CCOC3CC(N4CCN(Cc5ccc(-c6cn(C7CCC(C)(O)CC7)c7nc(N)ncc67)cc5)CC4)C3)cc21. The molecule has 1 unspecified atom stereocenters. The van der Waals surface area contributed by atoms with Crippen molar-refractivity contribution in [1.82, 2.24) is 38.8 Å². The highest BCUT2D eigenvalue weighted by molar-refractivity contribution is 6.00. The lowest BCUT2D eigenvalue weighted by Gasteiger charge is -2.46. The maximum absolute atomic E-state index is 13.1. The number of carbonyl (C=O) groups excluding carboxylic acids is 2. The van der Waals surface area contributed by atoms with Crippen LogP contribution in [0.1, 0.15) is 81.5 Å². The van der Waals surface area contributed by atoms with Crippen LogP contribution in [-0.4, -0.2) is 101 Å². The molecule has 5 aromatic rings. The molecule has 2 aliphatic carbocycles. The van der Waals surface area contributed by atoms with Gasteiger partial charge in [0.2, 0.25) is 17.8 Å². The van der Waals surface area contributed by atoms with Crippen molar-refractivity contribution in [3.05, 3.63) is 76.5 Å². The van der Waals surface area contributed by atoms with E-state index in [2.05, 4.69) is 60.1 Å². The number of aromatic nitrogens is 5. The molecule has 1 atom stereocenters. The van der Waals surface area contributed by atoms with E-state index in [-0.39, 0.29) is 36.1 Å². The van der Waals surface area contributed by atoms with Crippen LogP contribution in [0.3, 0.4) is 0 Å². The summed E-state index contributed by atoms with van der Waals surface area (Å²) in [6.07, 6.45) is 11.1. The summed E-state index contributed by atoms with van der Waals surface area (Å²) < 4.78 is 11.6. The maximum Gasteiger partial charge on any atom is 0.329 e. The number of anilines is 1. The third-order valence-electron chi connectivity index (χ3n) is 13.1. The Balaban J connectivity index is 0.738. The average molecular weight is 776 g/mol. The van der Waals surface area contributed by atoms with Crippen molar-refractivity contribution < 1.29 is 19.4 Å². The maximum atomic E-state index is 13.1. The molecule has 2 saturated carbocycles. The molecule has 2 aliphatic heterocycles. The third kappa shape index (κ3) is 7.51. The van der Waals surface area contributed by atoms with E-state index in [0.29, 0.717) is 24.6 Å². The number of aryl methyl sites for hydroxylation is 1. The fourth-order valence-electron chi connectivity index (χ4n) is 9.50. The number of hydrogen-bond acceptors (Lipinski definition) is 10. The number of nitrogens with zero attached hydrogens (tertiary/aromatic N) is 7. The van der Waals surface area contributed by atoms with Crippen LogP contribution >= 0.6 is 0 Å². The minimum atomic E-state index is -0.682. The summed E-state index contributed by atoms with van der Waals surface area (Å²) in [7, 11) is 1.72. The van der Waals surface area contributed by atoms with E-state index in [1.165, 1.54) is 10.1 Å². The standard InChI is InChI=1S/C43H53N9O5/c1-43(56)14-11-30(12-15-43)51-26-34(33-24-45-41(44)47-39(33)51)29-6-3-28(4-7-29)25-49-16-18-50(19-17-49)31-22-32(23-31)57-20-13-27-5-8-35-37(21-27)48(2)42(55)52(35)36-9-10-38(53)46-40(36)54/h3-8,21,24,26,30-32,36,56H,9-20,22-23,25H2,1-2H3,(H2,44,45,47)(H,46,53,54). The Labute approximate surface area is 331 Å². The molecule has 5 heterocycles. The number of carbonyl (C=O) groups is 2. The Morgan fingerprint density at radius 1 is 0.947 bits per heavy atom. The molecule has 2 amide bonds. The normalized spacial score (nSPS) is 26.2. The zero-order valence-electron chi connectivity index (χ0n) is 32.9. The molecule has 3 aromatic heterocycles. The molecule has 0 bridgehead atoms. The smallest absolute Gasteiger partial charge is 0.329 e. The summed E-state index contributed by atoms with van der Waals surface area (Å²) in [6.45, 7) is 7.68. The molecule has 0 radical (unpaired) electrons. The van der Waals surface area contributed by atoms with Crippen molar-refractivity contribution in [3.63, 3.8) is 0 Å². The van der Waals surface area contributed by atoms with E-state index in [1.807, 2.05) is 31.3 Å². The van der Waals surface area contributed by atoms with Crippen LogP contribution in [0.2, 0.25) is 0 Å². The fourth-order valence-corrected chi connectivity index (χ4v) is 9.50. The van der Waals surface area contributed by atoms with Crippen LogP contribution in [0.5, 0.6) is 0 Å². The lowest BCUT2D eigenvalue weighted by atomic mass is 9.83. The van der Waals surface area contributed by atoms with E-state index < -0.39 is 17.6 Å². The van der Waals surface area contributed by atoms with Crippen molar-refractivity contribution in [1.29, 1.82) is 0 Å². The predicted molar refractivity (Wildman–Crippen MR) is 217 cm³/mol. The Hall–Kier alpha value is -4.89. The van der Waals surface area contributed by atoms with E-state index in [9.17, 15) is 19.5 Å². The molecular weight excluding hydrogens is 723 g/mol. The number of imidazole rings is 1. The highest BCUT2D eigenvalue weighted by Gasteiger charge is 2.36. The molecule has 14 heteroatoms. The van der Waals surface area contributed by atoms with E-state index >= 15 is 0 Å². The van der Waals surface area contributed by atoms with Gasteiger partial charge in [-0.2, -0.15) is 4.98 Å². The monoisotopic (exact) mass is 775 g/mol. The molecule has 4 fully saturated rings. The quantitative estimate of drug-likeness (QED) is 0.176. The van der Waals surface area contributed by atoms with Crippen LogP contribution < -0.4 is 16.7 Å². The molecular formula is C43H53N9O5. The summed E-state index contributed by atoms with van der Waals surface area (Å²) >= 11 is 0. The zero-order valence-corrected chi connectivity index (χ0v) is 32.9. The second-order valence-corrected chi connectivity index (χ2v) is 17.0. The molecule has 14 nitrogen and oxygen atoms in total. The summed E-state index contributed by atoms with van der Waals surface area (Å²) in [4.78, 5) is 51.4. The first-order valence-corrected chi connectivity index (χ1v) is 20.6. The van der Waals surface area contributed by atoms with E-state index in [4.69, 9.17) is 10.5 Å². The zero-order chi connectivity index (χ0) is 39.4. The predicted octanol–water partition coefficient (Wildman–Crippen LogP) is 4.09. The number of fused-ring (bicyclic) bond motifs is 2. The number of nitrogens with one attached hydrogen (secondary N) is 1. The van der Waals surface area contributed by atoms with Gasteiger partial charge in [-0.15, -0.1) is 0 Å². The van der Waals surface area contributed by atoms with Gasteiger partial charge in [0.25, 0.3) is 0 Å². The molecule has 2 saturated heterocycles. The number of piperazine rings is 1. The second-order valence-electron chi connectivity index (χ2n) is 17.0. The van der Waals surface area contributed by atoms with Crippen LogP contribution in [0.25, 0.3) is 33.2 Å². The number of amides is 2. The largest absolute Gasteiger partial charge is 0.390 e. The van der Waals surface area contributed by atoms with Gasteiger partial charge < -0.3 is 20.1 Å². The summed E-state index contributed by atoms with van der Waals surface area (Å²) in [6, 6.07) is 15.0. The number of nitrogens with two attached hydrogens (primary N) is 1. The van der Waals surface area contributed by atoms with Crippen molar-refractivity contribution in [3.8, 4) is 11.1 Å². The summed E-state index contributed by atoms with van der Waals surface area (Å²) in [5, 5.41) is 13.9. The van der Waals surface area contributed by atoms with Gasteiger partial charge in [-0.1, -0.05) is 30.3 Å². The Morgan fingerprint density at radius 2 is 1.68 bits per heavy atom. The van der Waals surface area contributed by atoms with Crippen molar-refractivity contribution >= 4 is 39.8 Å². The van der Waals surface area contributed by atoms with Crippen LogP contribution in [0.15, 0.2) is 59.7 Å². The van der Waals surface area contributed by atoms with Gasteiger partial charge in [0.05, 0.1) is 29.3 Å². The van der Waals surface area contributed by atoms with Gasteiger partial charge in [-0.05, 0) is 87.1 Å². The molecule has 57 heavy (non-hydrogen) atoms. The average Bonchev–Trinajstić information content (AvgIpc) is 3.67. The number of imide groups is 1. The van der Waals surface area contributed by atoms with Gasteiger partial charge in [-0.3, -0.25) is 33.8 Å².